The smallest absolute Gasteiger partial charge is 0.337 e. The Hall–Kier alpha value is -2.46. The second-order valence-electron chi connectivity index (χ2n) is 9.07. The van der Waals surface area contributed by atoms with E-state index in [-0.39, 0.29) is 35.2 Å². The third-order valence-electron chi connectivity index (χ3n) is 7.17. The molecule has 2 aliphatic heterocycles. The van der Waals surface area contributed by atoms with E-state index < -0.39 is 43.1 Å². The SMILES string of the molecule is COC(=O)c1ccc2c(c1)C1(CCS(=O)(=O)CC1)C(C1CC1)N2S(=O)(=O)c1ccc(F)cc1. The lowest BCUT2D eigenvalue weighted by Gasteiger charge is -2.41. The molecule has 0 aromatic heterocycles. The number of ether oxygens (including phenoxy) is 1. The standard InChI is InChI=1S/C23H24FNO6S2/c1-31-22(26)16-4-9-20-19(14-16)23(10-12-32(27,28)13-11-23)21(15-2-3-15)25(20)33(29,30)18-7-5-17(24)6-8-18/h4-9,14-15,21H,2-3,10-13H2,1H3. The van der Waals surface area contributed by atoms with Crippen molar-refractivity contribution in [2.75, 3.05) is 22.9 Å². The molecule has 1 saturated heterocycles. The molecule has 1 atom stereocenters. The van der Waals surface area contributed by atoms with Gasteiger partial charge in [-0.3, -0.25) is 4.31 Å². The van der Waals surface area contributed by atoms with E-state index in [1.54, 1.807) is 12.1 Å². The largest absolute Gasteiger partial charge is 0.465 e. The molecule has 1 aliphatic carbocycles. The van der Waals surface area contributed by atoms with Crippen LogP contribution in [0.15, 0.2) is 47.4 Å². The summed E-state index contributed by atoms with van der Waals surface area (Å²) in [4.78, 5) is 12.2. The Labute approximate surface area is 192 Å². The third-order valence-corrected chi connectivity index (χ3v) is 10.6. The summed E-state index contributed by atoms with van der Waals surface area (Å²) in [5.74, 6) is -1.08. The van der Waals surface area contributed by atoms with Crippen molar-refractivity contribution in [1.29, 1.82) is 0 Å². The molecule has 2 fully saturated rings. The summed E-state index contributed by atoms with van der Waals surface area (Å²) in [6.45, 7) is 0. The van der Waals surface area contributed by atoms with Crippen LogP contribution in [0, 0.1) is 11.7 Å². The summed E-state index contributed by atoms with van der Waals surface area (Å²) in [6, 6.07) is 9.04. The number of sulfone groups is 1. The minimum Gasteiger partial charge on any atom is -0.465 e. The van der Waals surface area contributed by atoms with E-state index >= 15 is 0 Å². The van der Waals surface area contributed by atoms with Crippen molar-refractivity contribution >= 4 is 31.5 Å². The van der Waals surface area contributed by atoms with Crippen LogP contribution in [-0.2, 0) is 30.0 Å². The van der Waals surface area contributed by atoms with Crippen molar-refractivity contribution < 1.29 is 30.8 Å². The first-order chi connectivity index (χ1) is 15.6. The summed E-state index contributed by atoms with van der Waals surface area (Å²) < 4.78 is 72.1. The highest BCUT2D eigenvalue weighted by Crippen LogP contribution is 2.59. The first kappa shape index (κ1) is 22.3. The monoisotopic (exact) mass is 493 g/mol. The van der Waals surface area contributed by atoms with Crippen molar-refractivity contribution in [2.45, 2.75) is 42.0 Å². The number of hydrogen-bond donors (Lipinski definition) is 0. The third kappa shape index (κ3) is 3.54. The fraction of sp³-hybridized carbons (Fsp3) is 0.435. The molecule has 0 amide bonds. The lowest BCUT2D eigenvalue weighted by molar-refractivity contribution is 0.0600. The molecule has 1 spiro atoms. The number of carbonyl (C=O) groups excluding carboxylic acids is 1. The second kappa shape index (κ2) is 7.53. The number of hydrogen-bond acceptors (Lipinski definition) is 6. The molecule has 33 heavy (non-hydrogen) atoms. The van der Waals surface area contributed by atoms with E-state index in [1.807, 2.05) is 0 Å². The average Bonchev–Trinajstić information content (AvgIpc) is 3.58. The lowest BCUT2D eigenvalue weighted by atomic mass is 9.70. The van der Waals surface area contributed by atoms with Gasteiger partial charge in [-0.2, -0.15) is 0 Å². The molecule has 5 rings (SSSR count). The van der Waals surface area contributed by atoms with Gasteiger partial charge in [0.1, 0.15) is 15.7 Å². The van der Waals surface area contributed by atoms with Crippen molar-refractivity contribution in [3.63, 3.8) is 0 Å². The molecule has 2 aromatic carbocycles. The van der Waals surface area contributed by atoms with Crippen LogP contribution >= 0.6 is 0 Å². The molecule has 7 nitrogen and oxygen atoms in total. The highest BCUT2D eigenvalue weighted by molar-refractivity contribution is 7.93. The first-order valence-electron chi connectivity index (χ1n) is 10.8. The van der Waals surface area contributed by atoms with Gasteiger partial charge >= 0.3 is 5.97 Å². The average molecular weight is 494 g/mol. The Morgan fingerprint density at radius 1 is 1.09 bits per heavy atom. The van der Waals surface area contributed by atoms with Gasteiger partial charge in [0, 0.05) is 5.41 Å². The van der Waals surface area contributed by atoms with Crippen LogP contribution in [0.3, 0.4) is 0 Å². The van der Waals surface area contributed by atoms with Crippen LogP contribution in [0.5, 0.6) is 0 Å². The Kier molecular flexibility index (Phi) is 5.09. The topological polar surface area (TPSA) is 97.8 Å². The maximum atomic E-state index is 13.9. The Balaban J connectivity index is 1.72. The van der Waals surface area contributed by atoms with Crippen LogP contribution in [0.2, 0.25) is 0 Å². The highest BCUT2D eigenvalue weighted by atomic mass is 32.2. The number of rotatable bonds is 4. The molecule has 0 bridgehead atoms. The van der Waals surface area contributed by atoms with Crippen LogP contribution in [0.1, 0.15) is 41.6 Å². The summed E-state index contributed by atoms with van der Waals surface area (Å²) >= 11 is 0. The zero-order valence-corrected chi connectivity index (χ0v) is 19.7. The minimum atomic E-state index is -4.06. The highest BCUT2D eigenvalue weighted by Gasteiger charge is 2.60. The van der Waals surface area contributed by atoms with Gasteiger partial charge < -0.3 is 4.74 Å². The molecular formula is C23H24FNO6S2. The number of benzene rings is 2. The minimum absolute atomic E-state index is 0.0296. The predicted octanol–water partition coefficient (Wildman–Crippen LogP) is 3.05. The predicted molar refractivity (Wildman–Crippen MR) is 120 cm³/mol. The van der Waals surface area contributed by atoms with E-state index in [0.717, 1.165) is 25.0 Å². The van der Waals surface area contributed by atoms with Crippen LogP contribution in [-0.4, -0.2) is 47.5 Å². The van der Waals surface area contributed by atoms with E-state index in [1.165, 1.54) is 29.6 Å². The van der Waals surface area contributed by atoms with Crippen molar-refractivity contribution in [1.82, 2.24) is 0 Å². The van der Waals surface area contributed by atoms with Gasteiger partial charge in [-0.05, 0) is 79.6 Å². The summed E-state index contributed by atoms with van der Waals surface area (Å²) in [5.41, 5.74) is 0.685. The zero-order valence-electron chi connectivity index (χ0n) is 18.0. The molecule has 10 heteroatoms. The molecule has 1 saturated carbocycles. The number of fused-ring (bicyclic) bond motifs is 2. The molecule has 176 valence electrons. The van der Waals surface area contributed by atoms with Gasteiger partial charge in [-0.1, -0.05) is 0 Å². The molecule has 0 N–H and O–H groups in total. The van der Waals surface area contributed by atoms with Gasteiger partial charge in [0.05, 0.1) is 40.8 Å². The van der Waals surface area contributed by atoms with Crippen molar-refractivity contribution in [3.05, 3.63) is 59.4 Å². The second-order valence-corrected chi connectivity index (χ2v) is 13.2. The number of nitrogens with zero attached hydrogens (tertiary/aromatic N) is 1. The van der Waals surface area contributed by atoms with E-state index in [0.29, 0.717) is 16.8 Å². The Morgan fingerprint density at radius 2 is 1.73 bits per heavy atom. The maximum absolute atomic E-state index is 13.9. The van der Waals surface area contributed by atoms with Crippen LogP contribution < -0.4 is 4.31 Å². The normalized spacial score (nSPS) is 23.3. The lowest BCUT2D eigenvalue weighted by Crippen LogP contribution is -2.52. The summed E-state index contributed by atoms with van der Waals surface area (Å²) in [7, 11) is -6.01. The molecule has 0 radical (unpaired) electrons. The molecule has 2 heterocycles. The first-order valence-corrected chi connectivity index (χ1v) is 14.1. The summed E-state index contributed by atoms with van der Waals surface area (Å²) in [5, 5.41) is 0. The fourth-order valence-corrected chi connectivity index (χ4v) is 8.78. The van der Waals surface area contributed by atoms with Gasteiger partial charge in [0.2, 0.25) is 0 Å². The zero-order chi connectivity index (χ0) is 23.6. The number of methoxy groups -OCH3 is 1. The maximum Gasteiger partial charge on any atom is 0.337 e. The number of esters is 1. The Bertz CT molecular complexity index is 1320. The number of halogens is 1. The van der Waals surface area contributed by atoms with Crippen LogP contribution in [0.4, 0.5) is 10.1 Å². The van der Waals surface area contributed by atoms with Gasteiger partial charge in [-0.25, -0.2) is 26.0 Å². The quantitative estimate of drug-likeness (QED) is 0.608. The number of carbonyl (C=O) groups is 1. The van der Waals surface area contributed by atoms with Gasteiger partial charge in [-0.15, -0.1) is 0 Å². The summed E-state index contributed by atoms with van der Waals surface area (Å²) in [6.07, 6.45) is 2.24. The van der Waals surface area contributed by atoms with Crippen molar-refractivity contribution in [2.24, 2.45) is 5.92 Å². The van der Waals surface area contributed by atoms with Crippen LogP contribution in [0.25, 0.3) is 0 Å². The molecule has 3 aliphatic rings. The molecular weight excluding hydrogens is 469 g/mol. The molecule has 2 aromatic rings. The van der Waals surface area contributed by atoms with E-state index in [2.05, 4.69) is 0 Å². The van der Waals surface area contributed by atoms with Crippen molar-refractivity contribution in [3.8, 4) is 0 Å². The van der Waals surface area contributed by atoms with Gasteiger partial charge in [0.25, 0.3) is 10.0 Å². The van der Waals surface area contributed by atoms with E-state index in [4.69, 9.17) is 4.74 Å². The molecule has 1 unspecified atom stereocenters. The van der Waals surface area contributed by atoms with E-state index in [9.17, 15) is 26.0 Å². The number of sulfonamides is 1. The fourth-order valence-electron chi connectivity index (χ4n) is 5.43. The Morgan fingerprint density at radius 3 is 2.30 bits per heavy atom. The number of anilines is 1. The van der Waals surface area contributed by atoms with Gasteiger partial charge in [0.15, 0.2) is 0 Å².